The molecule has 0 aliphatic heterocycles. The third-order valence-corrected chi connectivity index (χ3v) is 4.30. The monoisotopic (exact) mass is 350 g/mol. The molecule has 1 heterocycles. The highest BCUT2D eigenvalue weighted by molar-refractivity contribution is 6.03. The van der Waals surface area contributed by atoms with Crippen molar-refractivity contribution in [2.75, 3.05) is 0 Å². The van der Waals surface area contributed by atoms with Crippen LogP contribution in [0.15, 0.2) is 52.2 Å². The smallest absolute Gasteiger partial charge is 0.275 e. The molecule has 1 amide bonds. The molecule has 3 rings (SSSR count). The van der Waals surface area contributed by atoms with Crippen LogP contribution in [-0.2, 0) is 5.41 Å². The van der Waals surface area contributed by atoms with Gasteiger partial charge < -0.3 is 9.52 Å². The fourth-order valence-electron chi connectivity index (χ4n) is 2.74. The van der Waals surface area contributed by atoms with E-state index in [1.54, 1.807) is 18.5 Å². The van der Waals surface area contributed by atoms with Crippen molar-refractivity contribution in [3.05, 3.63) is 64.9 Å². The van der Waals surface area contributed by atoms with Crippen LogP contribution >= 0.6 is 0 Å². The van der Waals surface area contributed by atoms with Crippen LogP contribution in [0.5, 0.6) is 5.75 Å². The highest BCUT2D eigenvalue weighted by Gasteiger charge is 2.16. The number of hydrazone groups is 1. The molecule has 1 aromatic heterocycles. The van der Waals surface area contributed by atoms with Crippen LogP contribution in [-0.4, -0.2) is 17.2 Å². The maximum Gasteiger partial charge on any atom is 0.275 e. The van der Waals surface area contributed by atoms with Gasteiger partial charge in [0.25, 0.3) is 5.91 Å². The number of carbonyl (C=O) groups excluding carboxylic acids is 1. The molecule has 2 N–H and O–H groups in total. The van der Waals surface area contributed by atoms with Crippen molar-refractivity contribution in [2.45, 2.75) is 33.1 Å². The number of benzene rings is 2. The van der Waals surface area contributed by atoms with Crippen LogP contribution in [0, 0.1) is 6.92 Å². The molecule has 5 heteroatoms. The third-order valence-electron chi connectivity index (χ3n) is 4.30. The summed E-state index contributed by atoms with van der Waals surface area (Å²) < 4.78 is 5.32. The van der Waals surface area contributed by atoms with E-state index >= 15 is 0 Å². The normalized spacial score (nSPS) is 12.0. The summed E-state index contributed by atoms with van der Waals surface area (Å²) in [4.78, 5) is 12.3. The second kappa shape index (κ2) is 6.67. The Morgan fingerprint density at radius 2 is 1.85 bits per heavy atom. The van der Waals surface area contributed by atoms with E-state index in [0.717, 1.165) is 11.1 Å². The summed E-state index contributed by atoms with van der Waals surface area (Å²) in [5.41, 5.74) is 6.11. The molecule has 5 nitrogen and oxygen atoms in total. The number of phenolic OH excluding ortho intramolecular Hbond substituents is 1. The van der Waals surface area contributed by atoms with Gasteiger partial charge >= 0.3 is 0 Å². The summed E-state index contributed by atoms with van der Waals surface area (Å²) in [6, 6.07) is 11.2. The SMILES string of the molecule is Cc1coc2ccc(C(=O)N/N=C/c3ccc(C(C)(C)C)cc3)c(O)c12. The van der Waals surface area contributed by atoms with Gasteiger partial charge in [-0.2, -0.15) is 5.10 Å². The summed E-state index contributed by atoms with van der Waals surface area (Å²) in [5, 5.41) is 14.9. The maximum atomic E-state index is 12.3. The molecule has 0 unspecified atom stereocenters. The van der Waals surface area contributed by atoms with Crippen molar-refractivity contribution in [2.24, 2.45) is 5.10 Å². The average molecular weight is 350 g/mol. The number of fused-ring (bicyclic) bond motifs is 1. The fourth-order valence-corrected chi connectivity index (χ4v) is 2.74. The Hall–Kier alpha value is -3.08. The summed E-state index contributed by atoms with van der Waals surface area (Å²) >= 11 is 0. The lowest BCUT2D eigenvalue weighted by molar-refractivity contribution is 0.0952. The molecule has 3 aromatic rings. The Balaban J connectivity index is 1.73. The molecule has 2 aromatic carbocycles. The van der Waals surface area contributed by atoms with Crippen LogP contribution in [0.3, 0.4) is 0 Å². The number of hydrogen-bond acceptors (Lipinski definition) is 4. The van der Waals surface area contributed by atoms with Crippen LogP contribution < -0.4 is 5.43 Å². The first kappa shape index (κ1) is 17.7. The summed E-state index contributed by atoms with van der Waals surface area (Å²) in [6.45, 7) is 8.27. The summed E-state index contributed by atoms with van der Waals surface area (Å²) in [5.74, 6) is -0.580. The molecule has 0 spiro atoms. The van der Waals surface area contributed by atoms with E-state index in [2.05, 4.69) is 31.3 Å². The highest BCUT2D eigenvalue weighted by Crippen LogP contribution is 2.32. The van der Waals surface area contributed by atoms with Gasteiger partial charge in [0.2, 0.25) is 0 Å². The number of amides is 1. The molecular formula is C21H22N2O3. The Kier molecular flexibility index (Phi) is 4.55. The molecule has 0 fully saturated rings. The molecule has 0 bridgehead atoms. The van der Waals surface area contributed by atoms with E-state index in [1.807, 2.05) is 31.2 Å². The predicted molar refractivity (Wildman–Crippen MR) is 103 cm³/mol. The van der Waals surface area contributed by atoms with Crippen molar-refractivity contribution < 1.29 is 14.3 Å². The number of rotatable bonds is 3. The average Bonchev–Trinajstić information content (AvgIpc) is 2.97. The van der Waals surface area contributed by atoms with Crippen molar-refractivity contribution in [1.82, 2.24) is 5.43 Å². The van der Waals surface area contributed by atoms with Crippen molar-refractivity contribution in [1.29, 1.82) is 0 Å². The lowest BCUT2D eigenvalue weighted by Crippen LogP contribution is -2.17. The zero-order valence-electron chi connectivity index (χ0n) is 15.3. The number of hydrogen-bond donors (Lipinski definition) is 2. The van der Waals surface area contributed by atoms with Gasteiger partial charge in [0, 0.05) is 0 Å². The molecule has 0 aliphatic carbocycles. The fraction of sp³-hybridized carbons (Fsp3) is 0.238. The van der Waals surface area contributed by atoms with Crippen LogP contribution in [0.4, 0.5) is 0 Å². The van der Waals surface area contributed by atoms with E-state index in [0.29, 0.717) is 11.0 Å². The number of aryl methyl sites for hydroxylation is 1. The van der Waals surface area contributed by atoms with E-state index < -0.39 is 5.91 Å². The zero-order chi connectivity index (χ0) is 18.9. The van der Waals surface area contributed by atoms with Gasteiger partial charge in [0.15, 0.2) is 0 Å². The number of nitrogens with one attached hydrogen (secondary N) is 1. The Bertz CT molecular complexity index is 977. The van der Waals surface area contributed by atoms with E-state index in [1.165, 1.54) is 11.6 Å². The van der Waals surface area contributed by atoms with Crippen LogP contribution in [0.1, 0.15) is 47.8 Å². The Labute approximate surface area is 152 Å². The lowest BCUT2D eigenvalue weighted by atomic mass is 9.87. The molecule has 0 saturated carbocycles. The zero-order valence-corrected chi connectivity index (χ0v) is 15.3. The topological polar surface area (TPSA) is 74.8 Å². The number of furan rings is 1. The van der Waals surface area contributed by atoms with Crippen LogP contribution in [0.25, 0.3) is 11.0 Å². The van der Waals surface area contributed by atoms with Gasteiger partial charge in [0.1, 0.15) is 11.3 Å². The van der Waals surface area contributed by atoms with Gasteiger partial charge in [-0.1, -0.05) is 45.0 Å². The number of aromatic hydroxyl groups is 1. The molecule has 0 atom stereocenters. The summed E-state index contributed by atoms with van der Waals surface area (Å²) in [7, 11) is 0. The molecule has 26 heavy (non-hydrogen) atoms. The number of phenols is 1. The largest absolute Gasteiger partial charge is 0.506 e. The van der Waals surface area contributed by atoms with Crippen molar-refractivity contribution in [3.63, 3.8) is 0 Å². The first-order valence-electron chi connectivity index (χ1n) is 8.41. The molecule has 0 aliphatic rings. The maximum absolute atomic E-state index is 12.3. The standard InChI is InChI=1S/C21H22N2O3/c1-13-12-26-17-10-9-16(19(24)18(13)17)20(25)23-22-11-14-5-7-15(8-6-14)21(2,3)4/h5-12,24H,1-4H3,(H,23,25)/b22-11+. The first-order valence-corrected chi connectivity index (χ1v) is 8.41. The van der Waals surface area contributed by atoms with Crippen molar-refractivity contribution >= 4 is 23.1 Å². The second-order valence-corrected chi connectivity index (χ2v) is 7.32. The second-order valence-electron chi connectivity index (χ2n) is 7.32. The number of nitrogens with zero attached hydrogens (tertiary/aromatic N) is 1. The molecule has 0 radical (unpaired) electrons. The van der Waals surface area contributed by atoms with Gasteiger partial charge in [-0.3, -0.25) is 4.79 Å². The molecule has 0 saturated heterocycles. The van der Waals surface area contributed by atoms with E-state index in [4.69, 9.17) is 4.42 Å². The Morgan fingerprint density at radius 3 is 2.50 bits per heavy atom. The third kappa shape index (κ3) is 3.47. The van der Waals surface area contributed by atoms with Crippen molar-refractivity contribution in [3.8, 4) is 5.75 Å². The predicted octanol–water partition coefficient (Wildman–Crippen LogP) is 4.51. The van der Waals surface area contributed by atoms with Gasteiger partial charge in [-0.05, 0) is 41.2 Å². The molecular weight excluding hydrogens is 328 g/mol. The van der Waals surface area contributed by atoms with E-state index in [9.17, 15) is 9.90 Å². The quantitative estimate of drug-likeness (QED) is 0.539. The Morgan fingerprint density at radius 1 is 1.15 bits per heavy atom. The minimum absolute atomic E-state index is 0.0886. The minimum atomic E-state index is -0.479. The minimum Gasteiger partial charge on any atom is -0.506 e. The van der Waals surface area contributed by atoms with Gasteiger partial charge in [0.05, 0.1) is 23.4 Å². The van der Waals surface area contributed by atoms with Gasteiger partial charge in [-0.15, -0.1) is 0 Å². The van der Waals surface area contributed by atoms with Crippen LogP contribution in [0.2, 0.25) is 0 Å². The molecule has 134 valence electrons. The first-order chi connectivity index (χ1) is 12.3. The van der Waals surface area contributed by atoms with E-state index in [-0.39, 0.29) is 16.7 Å². The highest BCUT2D eigenvalue weighted by atomic mass is 16.3. The number of carbonyl (C=O) groups is 1. The lowest BCUT2D eigenvalue weighted by Gasteiger charge is -2.18. The summed E-state index contributed by atoms with van der Waals surface area (Å²) in [6.07, 6.45) is 3.12. The van der Waals surface area contributed by atoms with Gasteiger partial charge in [-0.25, -0.2) is 5.43 Å².